The van der Waals surface area contributed by atoms with Crippen LogP contribution in [0.5, 0.6) is 0 Å². The molecule has 1 nitrogen and oxygen atoms in total. The maximum Gasteiger partial charge on any atom is 0.140 e. The molecule has 2 atom stereocenters. The second-order valence-electron chi connectivity index (χ2n) is 4.97. The van der Waals surface area contributed by atoms with E-state index >= 15 is 0 Å². The molecule has 13 heavy (non-hydrogen) atoms. The summed E-state index contributed by atoms with van der Waals surface area (Å²) in [4.78, 5) is 11.2. The fourth-order valence-electron chi connectivity index (χ4n) is 2.69. The zero-order valence-electron chi connectivity index (χ0n) is 7.96. The Bertz CT molecular complexity index is 273. The first-order valence-corrected chi connectivity index (χ1v) is 5.55. The molecule has 0 saturated heterocycles. The smallest absolute Gasteiger partial charge is 0.140 e. The molecular weight excluding hydrogens is 160 g/mol. The Hall–Kier alpha value is -0.590. The van der Waals surface area contributed by atoms with Crippen LogP contribution in [-0.4, -0.2) is 5.78 Å². The Kier molecular flexibility index (Phi) is 1.61. The van der Waals surface area contributed by atoms with E-state index < -0.39 is 0 Å². The Morgan fingerprint density at radius 3 is 2.77 bits per heavy atom. The van der Waals surface area contributed by atoms with Gasteiger partial charge < -0.3 is 0 Å². The first kappa shape index (κ1) is 7.78. The van der Waals surface area contributed by atoms with Crippen LogP contribution in [0.15, 0.2) is 11.6 Å². The van der Waals surface area contributed by atoms with Crippen LogP contribution in [0, 0.1) is 17.8 Å². The zero-order valence-corrected chi connectivity index (χ0v) is 7.96. The van der Waals surface area contributed by atoms with Crippen molar-refractivity contribution in [2.24, 2.45) is 17.8 Å². The lowest BCUT2D eigenvalue weighted by atomic mass is 9.75. The summed E-state index contributed by atoms with van der Waals surface area (Å²) in [6.45, 7) is 0. The summed E-state index contributed by atoms with van der Waals surface area (Å²) in [7, 11) is 0. The largest absolute Gasteiger partial charge is 0.299 e. The Morgan fingerprint density at radius 1 is 1.31 bits per heavy atom. The molecular formula is C12H16O. The van der Waals surface area contributed by atoms with E-state index in [0.29, 0.717) is 11.7 Å². The van der Waals surface area contributed by atoms with Crippen molar-refractivity contribution in [3.8, 4) is 0 Å². The average Bonchev–Trinajstić information content (AvgIpc) is 2.87. The summed E-state index contributed by atoms with van der Waals surface area (Å²) in [6.07, 6.45) is 9.97. The fourth-order valence-corrected chi connectivity index (χ4v) is 2.69. The van der Waals surface area contributed by atoms with Gasteiger partial charge in [0.25, 0.3) is 0 Å². The molecule has 3 aliphatic rings. The van der Waals surface area contributed by atoms with Gasteiger partial charge in [-0.1, -0.05) is 24.5 Å². The van der Waals surface area contributed by atoms with Crippen LogP contribution in [0.3, 0.4) is 0 Å². The molecule has 0 aromatic rings. The highest BCUT2D eigenvalue weighted by molar-refractivity contribution is 5.90. The highest BCUT2D eigenvalue weighted by atomic mass is 16.1. The van der Waals surface area contributed by atoms with Crippen molar-refractivity contribution in [2.75, 3.05) is 0 Å². The highest BCUT2D eigenvalue weighted by Crippen LogP contribution is 2.45. The molecule has 0 N–H and O–H groups in total. The number of carbonyl (C=O) groups is 1. The molecule has 0 aliphatic heterocycles. The molecule has 3 rings (SSSR count). The van der Waals surface area contributed by atoms with Gasteiger partial charge in [0, 0.05) is 12.3 Å². The SMILES string of the molecule is O=C1CC2CC(CCC3CC3)=CC12. The minimum atomic E-state index is 0.356. The first-order chi connectivity index (χ1) is 6.33. The molecule has 0 heterocycles. The third-order valence-electron chi connectivity index (χ3n) is 3.85. The van der Waals surface area contributed by atoms with E-state index in [0.717, 1.165) is 18.3 Å². The molecule has 70 valence electrons. The third-order valence-corrected chi connectivity index (χ3v) is 3.85. The Balaban J connectivity index is 1.56. The standard InChI is InChI=1S/C12H16O/c13-12-7-10-5-9(6-11(10)12)4-3-8-1-2-8/h6,8,10-11H,1-5,7H2. The molecule has 1 heteroatoms. The van der Waals surface area contributed by atoms with Crippen molar-refractivity contribution in [1.82, 2.24) is 0 Å². The normalized spacial score (nSPS) is 36.9. The topological polar surface area (TPSA) is 17.1 Å². The molecule has 3 aliphatic carbocycles. The summed E-state index contributed by atoms with van der Waals surface area (Å²) in [5.74, 6) is 2.61. The number of ketones is 1. The molecule has 0 aromatic heterocycles. The molecule has 0 bridgehead atoms. The second kappa shape index (κ2) is 2.70. The van der Waals surface area contributed by atoms with E-state index in [2.05, 4.69) is 6.08 Å². The van der Waals surface area contributed by atoms with Crippen LogP contribution < -0.4 is 0 Å². The average molecular weight is 176 g/mol. The van der Waals surface area contributed by atoms with Crippen LogP contribution >= 0.6 is 0 Å². The van der Waals surface area contributed by atoms with Crippen molar-refractivity contribution in [2.45, 2.75) is 38.5 Å². The van der Waals surface area contributed by atoms with Gasteiger partial charge in [0.05, 0.1) is 0 Å². The number of hydrogen-bond donors (Lipinski definition) is 0. The quantitative estimate of drug-likeness (QED) is 0.604. The summed E-state index contributed by atoms with van der Waals surface area (Å²) < 4.78 is 0. The van der Waals surface area contributed by atoms with Crippen molar-refractivity contribution < 1.29 is 4.79 Å². The van der Waals surface area contributed by atoms with Gasteiger partial charge in [-0.05, 0) is 31.1 Å². The number of rotatable bonds is 3. The van der Waals surface area contributed by atoms with E-state index in [-0.39, 0.29) is 0 Å². The molecule has 0 spiro atoms. The van der Waals surface area contributed by atoms with E-state index in [4.69, 9.17) is 0 Å². The van der Waals surface area contributed by atoms with Gasteiger partial charge in [0.15, 0.2) is 0 Å². The maximum absolute atomic E-state index is 11.2. The van der Waals surface area contributed by atoms with Gasteiger partial charge >= 0.3 is 0 Å². The van der Waals surface area contributed by atoms with Crippen LogP contribution in [0.4, 0.5) is 0 Å². The molecule has 0 amide bonds. The fraction of sp³-hybridized carbons (Fsp3) is 0.750. The number of carbonyl (C=O) groups excluding carboxylic acids is 1. The minimum absolute atomic E-state index is 0.356. The van der Waals surface area contributed by atoms with Crippen LogP contribution in [-0.2, 0) is 4.79 Å². The molecule has 2 unspecified atom stereocenters. The van der Waals surface area contributed by atoms with Gasteiger partial charge in [-0.2, -0.15) is 0 Å². The first-order valence-electron chi connectivity index (χ1n) is 5.55. The lowest BCUT2D eigenvalue weighted by molar-refractivity contribution is -0.130. The predicted octanol–water partition coefficient (Wildman–Crippen LogP) is 2.71. The minimum Gasteiger partial charge on any atom is -0.299 e. The lowest BCUT2D eigenvalue weighted by Gasteiger charge is -2.27. The number of fused-ring (bicyclic) bond motifs is 1. The zero-order chi connectivity index (χ0) is 8.84. The van der Waals surface area contributed by atoms with Gasteiger partial charge in [0.1, 0.15) is 5.78 Å². The maximum atomic E-state index is 11.2. The Labute approximate surface area is 79.2 Å². The summed E-state index contributed by atoms with van der Waals surface area (Å²) in [5.41, 5.74) is 1.59. The van der Waals surface area contributed by atoms with E-state index in [9.17, 15) is 4.79 Å². The highest BCUT2D eigenvalue weighted by Gasteiger charge is 2.42. The van der Waals surface area contributed by atoms with Crippen molar-refractivity contribution in [3.05, 3.63) is 11.6 Å². The molecule has 2 saturated carbocycles. The molecule has 0 radical (unpaired) electrons. The monoisotopic (exact) mass is 176 g/mol. The molecule has 2 fully saturated rings. The van der Waals surface area contributed by atoms with E-state index in [1.165, 1.54) is 32.1 Å². The van der Waals surface area contributed by atoms with Gasteiger partial charge in [-0.3, -0.25) is 4.79 Å². The van der Waals surface area contributed by atoms with E-state index in [1.54, 1.807) is 5.57 Å². The Morgan fingerprint density at radius 2 is 2.15 bits per heavy atom. The van der Waals surface area contributed by atoms with Crippen LogP contribution in [0.2, 0.25) is 0 Å². The van der Waals surface area contributed by atoms with Crippen LogP contribution in [0.25, 0.3) is 0 Å². The van der Waals surface area contributed by atoms with E-state index in [1.807, 2.05) is 0 Å². The second-order valence-corrected chi connectivity index (χ2v) is 4.97. The predicted molar refractivity (Wildman–Crippen MR) is 51.3 cm³/mol. The van der Waals surface area contributed by atoms with Crippen molar-refractivity contribution >= 4 is 5.78 Å². The van der Waals surface area contributed by atoms with Crippen molar-refractivity contribution in [1.29, 1.82) is 0 Å². The molecule has 0 aromatic carbocycles. The lowest BCUT2D eigenvalue weighted by Crippen LogP contribution is -2.32. The number of allylic oxidation sites excluding steroid dienone is 2. The van der Waals surface area contributed by atoms with Gasteiger partial charge in [0.2, 0.25) is 0 Å². The van der Waals surface area contributed by atoms with Gasteiger partial charge in [-0.25, -0.2) is 0 Å². The summed E-state index contributed by atoms with van der Waals surface area (Å²) >= 11 is 0. The van der Waals surface area contributed by atoms with Gasteiger partial charge in [-0.15, -0.1) is 0 Å². The van der Waals surface area contributed by atoms with Crippen molar-refractivity contribution in [3.63, 3.8) is 0 Å². The van der Waals surface area contributed by atoms with Crippen LogP contribution in [0.1, 0.15) is 38.5 Å². The summed E-state index contributed by atoms with van der Waals surface area (Å²) in [6, 6.07) is 0. The number of hydrogen-bond acceptors (Lipinski definition) is 1. The summed E-state index contributed by atoms with van der Waals surface area (Å²) in [5, 5.41) is 0. The third kappa shape index (κ3) is 1.34. The number of Topliss-reactive ketones (excluding diaryl/α,β-unsaturated/α-hetero) is 1.